The zero-order valence-corrected chi connectivity index (χ0v) is 71.3. The second kappa shape index (κ2) is 45.6. The summed E-state index contributed by atoms with van der Waals surface area (Å²) in [5.74, 6) is -3.25. The van der Waals surface area contributed by atoms with Crippen molar-refractivity contribution >= 4 is 29.7 Å². The van der Waals surface area contributed by atoms with Crippen LogP contribution in [-0.2, 0) is 153 Å². The Morgan fingerprint density at radius 2 is 0.586 bits per heavy atom. The predicted molar refractivity (Wildman–Crippen MR) is 461 cm³/mol. The number of carbonyl (C=O) groups excluding carboxylic acids is 5. The van der Waals surface area contributed by atoms with Gasteiger partial charge < -0.3 is 99.8 Å². The number of hydrogen-bond donors (Lipinski definition) is 1. The van der Waals surface area contributed by atoms with E-state index in [1.165, 1.54) is 21.0 Å². The summed E-state index contributed by atoms with van der Waals surface area (Å²) in [6, 6.07) is 86.4. The summed E-state index contributed by atoms with van der Waals surface area (Å²) in [5.41, 5.74) is 6.33. The maximum atomic E-state index is 15.5. The fourth-order valence-electron chi connectivity index (χ4n) is 16.2. The van der Waals surface area contributed by atoms with Gasteiger partial charge in [-0.3, -0.25) is 28.9 Å². The molecular formula is C101H105NO26. The van der Waals surface area contributed by atoms with E-state index < -0.39 is 159 Å². The first-order valence-electron chi connectivity index (χ1n) is 42.8. The topological polar surface area (TPSA) is 293 Å². The van der Waals surface area contributed by atoms with Gasteiger partial charge in [0.1, 0.15) is 90.8 Å². The van der Waals surface area contributed by atoms with Crippen LogP contribution in [0.3, 0.4) is 0 Å². The van der Waals surface area contributed by atoms with E-state index in [1.54, 1.807) is 48.5 Å². The van der Waals surface area contributed by atoms with E-state index in [0.29, 0.717) is 11.3 Å². The lowest BCUT2D eigenvalue weighted by atomic mass is 9.93. The maximum Gasteiger partial charge on any atom is 0.303 e. The predicted octanol–water partition coefficient (Wildman–Crippen LogP) is 13.2. The monoisotopic (exact) mass is 1750 g/mol. The van der Waals surface area contributed by atoms with E-state index >= 15 is 9.59 Å². The number of carbonyl (C=O) groups is 5. The van der Waals surface area contributed by atoms with Crippen molar-refractivity contribution < 1.29 is 124 Å². The molecule has 0 radical (unpaired) electrons. The Morgan fingerprint density at radius 1 is 0.297 bits per heavy atom. The standard InChI is InChI=1S/C101H105NO26/c1-65(103)119-93-90(128-101-95(121-67(3)105)92(117-60-75-45-27-12-28-46-75)87(114-57-72-39-21-9-22-40-72)82(126-101)62-111-54-69-33-15-6-16-34-69)85(106)80(64-118-99-94(120-66(2)104)91(116-59-74-43-25-11-26-44-74)86(113-56-71-37-19-8-20-38-71)81(125-99)61-110-53-68-31-13-5-14-32-68)123-100(93)127-88-83(63-112-55-70-35-17-7-18-36-70)124-98(122-77-51-49-76(109-4)50-52-77)84(89(88)115-58-73-41-23-10-24-42-73)102-96(107)78-47-29-30-48-79(78)97(102)108/h5-52,80-95,98-101,106H,53-64H2,1-4H3/t80-,81-,82-,83-,84-,85-,86-,87-,88-,89-,90+,91+,92+,93+,94+,95+,98-,99+,100+,101-/m1/s1. The molecule has 0 bridgehead atoms. The van der Waals surface area contributed by atoms with Crippen LogP contribution < -0.4 is 9.47 Å². The van der Waals surface area contributed by atoms with Crippen molar-refractivity contribution in [1.29, 1.82) is 0 Å². The van der Waals surface area contributed by atoms with E-state index in [2.05, 4.69) is 0 Å². The van der Waals surface area contributed by atoms with Gasteiger partial charge in [0.15, 0.2) is 37.2 Å². The largest absolute Gasteiger partial charge is 0.497 e. The Balaban J connectivity index is 0.868. The summed E-state index contributed by atoms with van der Waals surface area (Å²) in [4.78, 5) is 74.7. The minimum Gasteiger partial charge on any atom is -0.497 e. The van der Waals surface area contributed by atoms with Gasteiger partial charge in [0.05, 0.1) is 97.5 Å². The van der Waals surface area contributed by atoms with Gasteiger partial charge in [-0.05, 0) is 80.9 Å². The molecule has 27 heteroatoms. The Kier molecular flexibility index (Phi) is 32.6. The Bertz CT molecular complexity index is 5060. The number of ether oxygens (including phenoxy) is 20. The molecule has 10 aromatic carbocycles. The van der Waals surface area contributed by atoms with Crippen molar-refractivity contribution in [2.45, 2.75) is 196 Å². The normalized spacial score (nSPS) is 26.2. The smallest absolute Gasteiger partial charge is 0.303 e. The second-order valence-electron chi connectivity index (χ2n) is 31.5. The first-order valence-corrected chi connectivity index (χ1v) is 42.8. The van der Waals surface area contributed by atoms with Gasteiger partial charge in [0, 0.05) is 20.8 Å². The zero-order valence-electron chi connectivity index (χ0n) is 71.3. The third kappa shape index (κ3) is 24.2. The quantitative estimate of drug-likeness (QED) is 0.0211. The highest BCUT2D eigenvalue weighted by atomic mass is 16.8. The average molecular weight is 1750 g/mol. The molecule has 0 aliphatic carbocycles. The highest BCUT2D eigenvalue weighted by molar-refractivity contribution is 6.21. The van der Waals surface area contributed by atoms with Gasteiger partial charge in [-0.15, -0.1) is 0 Å². The molecule has 1 N–H and O–H groups in total. The highest BCUT2D eigenvalue weighted by Gasteiger charge is 2.61. The fourth-order valence-corrected chi connectivity index (χ4v) is 16.2. The van der Waals surface area contributed by atoms with E-state index in [9.17, 15) is 19.5 Å². The number of fused-ring (bicyclic) bond motifs is 1. The number of amides is 2. The number of methoxy groups -OCH3 is 1. The number of benzene rings is 10. The van der Waals surface area contributed by atoms with Crippen molar-refractivity contribution in [3.05, 3.63) is 347 Å². The molecule has 27 nitrogen and oxygen atoms in total. The van der Waals surface area contributed by atoms with Gasteiger partial charge in [-0.25, -0.2) is 0 Å². The van der Waals surface area contributed by atoms with Gasteiger partial charge in [0.2, 0.25) is 6.29 Å². The molecule has 0 unspecified atom stereocenters. The van der Waals surface area contributed by atoms with E-state index in [0.717, 1.165) is 50.8 Å². The Labute approximate surface area is 743 Å². The summed E-state index contributed by atoms with van der Waals surface area (Å²) in [6.45, 7) is 2.18. The Morgan fingerprint density at radius 3 is 0.953 bits per heavy atom. The summed E-state index contributed by atoms with van der Waals surface area (Å²) in [6.07, 6.45) is -29.3. The SMILES string of the molecule is COc1ccc(O[C@@H]2O[C@H](COCc3ccccc3)[C@@H](O[C@@H]3O[C@H](CO[C@H]4O[C@H](COCc5ccccc5)[C@@H](OCc5ccccc5)[C@H](OCc5ccccc5)[C@@H]4OC(C)=O)[C@@H](O)[C@H](O[C@H]4O[C@H](COCc5ccccc5)[C@@H](OCc5ccccc5)[C@H](OCc5ccccc5)[C@@H]4OC(C)=O)[C@@H]3OC(C)=O)[C@H](OCc3ccccc3)[C@H]2N2C(=O)c3ccccc3C2=O)cc1. The molecule has 5 heterocycles. The molecule has 670 valence electrons. The molecule has 15 rings (SSSR count). The molecule has 20 atom stereocenters. The van der Waals surface area contributed by atoms with Crippen LogP contribution >= 0.6 is 0 Å². The molecule has 10 aromatic rings. The summed E-state index contributed by atoms with van der Waals surface area (Å²) < 4.78 is 137. The van der Waals surface area contributed by atoms with Gasteiger partial charge in [-0.2, -0.15) is 0 Å². The van der Waals surface area contributed by atoms with Crippen LogP contribution in [0.15, 0.2) is 291 Å². The van der Waals surface area contributed by atoms with Crippen LogP contribution in [0.25, 0.3) is 0 Å². The molecule has 2 amide bonds. The molecule has 0 spiro atoms. The number of esters is 3. The van der Waals surface area contributed by atoms with Crippen molar-refractivity contribution in [2.75, 3.05) is 33.5 Å². The van der Waals surface area contributed by atoms with E-state index in [1.807, 2.05) is 243 Å². The minimum atomic E-state index is -2.04. The lowest BCUT2D eigenvalue weighted by Crippen LogP contribution is -2.70. The van der Waals surface area contributed by atoms with Gasteiger partial charge >= 0.3 is 17.9 Å². The van der Waals surface area contributed by atoms with Crippen LogP contribution in [0.2, 0.25) is 0 Å². The van der Waals surface area contributed by atoms with Crippen LogP contribution in [0.1, 0.15) is 86.0 Å². The van der Waals surface area contributed by atoms with Crippen molar-refractivity contribution in [2.24, 2.45) is 0 Å². The molecule has 4 saturated heterocycles. The number of aliphatic hydroxyl groups excluding tert-OH is 1. The molecule has 0 aromatic heterocycles. The molecule has 0 saturated carbocycles. The van der Waals surface area contributed by atoms with Crippen LogP contribution in [0.5, 0.6) is 11.5 Å². The highest BCUT2D eigenvalue weighted by Crippen LogP contribution is 2.42. The number of rotatable bonds is 41. The van der Waals surface area contributed by atoms with Crippen molar-refractivity contribution in [3.8, 4) is 11.5 Å². The first-order chi connectivity index (χ1) is 62.6. The second-order valence-corrected chi connectivity index (χ2v) is 31.5. The molecular weight excluding hydrogens is 1640 g/mol. The number of hydrogen-bond acceptors (Lipinski definition) is 26. The zero-order chi connectivity index (χ0) is 88.5. The molecule has 5 aliphatic heterocycles. The molecule has 4 fully saturated rings. The fraction of sp³-hybridized carbons (Fsp3) is 0.356. The van der Waals surface area contributed by atoms with E-state index in [4.69, 9.17) is 94.7 Å². The lowest BCUT2D eigenvalue weighted by molar-refractivity contribution is -0.385. The summed E-state index contributed by atoms with van der Waals surface area (Å²) >= 11 is 0. The summed E-state index contributed by atoms with van der Waals surface area (Å²) in [7, 11) is 1.52. The van der Waals surface area contributed by atoms with Gasteiger partial charge in [0.25, 0.3) is 11.8 Å². The average Bonchev–Trinajstić information content (AvgIpc) is 1.54. The van der Waals surface area contributed by atoms with Crippen LogP contribution in [-0.4, -0.2) is 196 Å². The molecule has 128 heavy (non-hydrogen) atoms. The van der Waals surface area contributed by atoms with Gasteiger partial charge in [-0.1, -0.05) is 255 Å². The Hall–Kier alpha value is -11.3. The lowest BCUT2D eigenvalue weighted by Gasteiger charge is -2.51. The summed E-state index contributed by atoms with van der Waals surface area (Å²) in [5, 5.41) is 13.9. The van der Waals surface area contributed by atoms with Crippen molar-refractivity contribution in [3.63, 3.8) is 0 Å². The number of aliphatic hydroxyl groups is 1. The number of imide groups is 1. The first kappa shape index (κ1) is 91.5. The van der Waals surface area contributed by atoms with Crippen LogP contribution in [0.4, 0.5) is 0 Å². The van der Waals surface area contributed by atoms with Crippen molar-refractivity contribution in [1.82, 2.24) is 4.90 Å². The van der Waals surface area contributed by atoms with E-state index in [-0.39, 0.29) is 89.6 Å². The van der Waals surface area contributed by atoms with Crippen LogP contribution in [0, 0.1) is 0 Å². The minimum absolute atomic E-state index is 0.00860. The third-order valence-corrected chi connectivity index (χ3v) is 22.4. The molecule has 5 aliphatic rings. The number of nitrogens with zero attached hydrogens (tertiary/aromatic N) is 1. The third-order valence-electron chi connectivity index (χ3n) is 22.4. The maximum absolute atomic E-state index is 15.5.